The van der Waals surface area contributed by atoms with Gasteiger partial charge in [-0.25, -0.2) is 0 Å². The molecule has 3 aromatic rings. The standard InChI is InChI=1S/C22H22N4O6S/c1-5-12(14-7-6-10(2)31-14)23-16-17(20(29)19(16)28)24-13-9-33-21(18(13)27)22(30)26(4)15-8-11(3)32-25-15/h6-9,12,21,23-24H,5H2,1-4H3/t12-,21?/m1/s1. The van der Waals surface area contributed by atoms with Crippen molar-refractivity contribution in [1.29, 1.82) is 0 Å². The Morgan fingerprint density at radius 2 is 1.91 bits per heavy atom. The molecular weight excluding hydrogens is 448 g/mol. The number of aryl methyl sites for hydroxylation is 2. The average molecular weight is 471 g/mol. The molecule has 172 valence electrons. The van der Waals surface area contributed by atoms with Gasteiger partial charge in [-0.3, -0.25) is 24.1 Å². The summed E-state index contributed by atoms with van der Waals surface area (Å²) in [6.45, 7) is 5.42. The summed E-state index contributed by atoms with van der Waals surface area (Å²) in [6.07, 6.45) is 0.604. The Hall–Kier alpha value is -3.60. The number of carbonyl (C=O) groups is 2. The van der Waals surface area contributed by atoms with Crippen molar-refractivity contribution >= 4 is 40.6 Å². The first-order chi connectivity index (χ1) is 15.7. The summed E-state index contributed by atoms with van der Waals surface area (Å²) in [6, 6.07) is 4.88. The van der Waals surface area contributed by atoms with E-state index < -0.39 is 27.8 Å². The molecule has 0 saturated carbocycles. The Bertz CT molecular complexity index is 1330. The summed E-state index contributed by atoms with van der Waals surface area (Å²) in [4.78, 5) is 51.3. The van der Waals surface area contributed by atoms with Crippen LogP contribution >= 0.6 is 11.8 Å². The molecule has 1 amide bonds. The molecule has 1 aromatic carbocycles. The summed E-state index contributed by atoms with van der Waals surface area (Å²) in [7, 11) is 1.50. The first-order valence-electron chi connectivity index (χ1n) is 10.2. The van der Waals surface area contributed by atoms with Crippen LogP contribution in [0.2, 0.25) is 0 Å². The number of rotatable bonds is 8. The SMILES string of the molecule is CC[C@@H](Nc1c(NC2=CSC(C(=O)N(C)c3cc(C)on3)C2=O)c(=O)c1=O)c1ccc(C)o1. The van der Waals surface area contributed by atoms with Gasteiger partial charge in [0.25, 0.3) is 10.9 Å². The van der Waals surface area contributed by atoms with Crippen molar-refractivity contribution in [2.45, 2.75) is 38.5 Å². The summed E-state index contributed by atoms with van der Waals surface area (Å²) in [5, 5.41) is 10.0. The Morgan fingerprint density at radius 1 is 1.18 bits per heavy atom. The number of aromatic nitrogens is 1. The van der Waals surface area contributed by atoms with Crippen molar-refractivity contribution in [3.63, 3.8) is 0 Å². The zero-order chi connectivity index (χ0) is 23.9. The maximum atomic E-state index is 12.9. The van der Waals surface area contributed by atoms with Gasteiger partial charge in [0.2, 0.25) is 11.7 Å². The lowest BCUT2D eigenvalue weighted by molar-refractivity contribution is -0.123. The van der Waals surface area contributed by atoms with Gasteiger partial charge >= 0.3 is 0 Å². The van der Waals surface area contributed by atoms with E-state index in [0.717, 1.165) is 17.5 Å². The minimum atomic E-state index is -1.04. The number of thioether (sulfide) groups is 1. The number of amides is 1. The molecule has 0 spiro atoms. The van der Waals surface area contributed by atoms with Crippen LogP contribution in [0, 0.1) is 13.8 Å². The zero-order valence-electron chi connectivity index (χ0n) is 18.4. The Kier molecular flexibility index (Phi) is 5.98. The molecule has 2 aromatic heterocycles. The van der Waals surface area contributed by atoms with Crippen LogP contribution in [0.1, 0.15) is 36.7 Å². The fraction of sp³-hybridized carbons (Fsp3) is 0.318. The quantitative estimate of drug-likeness (QED) is 0.374. The van der Waals surface area contributed by atoms with Gasteiger partial charge in [-0.2, -0.15) is 0 Å². The molecule has 0 aliphatic carbocycles. The molecule has 11 heteroatoms. The van der Waals surface area contributed by atoms with Gasteiger partial charge in [-0.05, 0) is 37.8 Å². The largest absolute Gasteiger partial charge is 0.464 e. The predicted molar refractivity (Wildman–Crippen MR) is 124 cm³/mol. The van der Waals surface area contributed by atoms with E-state index >= 15 is 0 Å². The highest BCUT2D eigenvalue weighted by Gasteiger charge is 2.38. The van der Waals surface area contributed by atoms with E-state index in [9.17, 15) is 19.2 Å². The predicted octanol–water partition coefficient (Wildman–Crippen LogP) is 2.64. The number of hydrogen-bond acceptors (Lipinski definition) is 10. The van der Waals surface area contributed by atoms with Crippen LogP contribution in [0.3, 0.4) is 0 Å². The number of carbonyl (C=O) groups excluding carboxylic acids is 2. The van der Waals surface area contributed by atoms with E-state index in [0.29, 0.717) is 23.8 Å². The smallest absolute Gasteiger partial charge is 0.253 e. The van der Waals surface area contributed by atoms with E-state index in [1.807, 2.05) is 19.9 Å². The maximum Gasteiger partial charge on any atom is 0.253 e. The highest BCUT2D eigenvalue weighted by Crippen LogP contribution is 2.32. The van der Waals surface area contributed by atoms with Crippen LogP contribution < -0.4 is 26.4 Å². The lowest BCUT2D eigenvalue weighted by Crippen LogP contribution is -2.41. The van der Waals surface area contributed by atoms with Gasteiger partial charge in [0, 0.05) is 13.1 Å². The van der Waals surface area contributed by atoms with Gasteiger partial charge in [-0.15, -0.1) is 11.8 Å². The van der Waals surface area contributed by atoms with Crippen molar-refractivity contribution in [3.05, 3.63) is 67.0 Å². The second-order valence-electron chi connectivity index (χ2n) is 7.69. The van der Waals surface area contributed by atoms with Crippen LogP contribution in [-0.2, 0) is 9.59 Å². The number of hydrogen-bond donors (Lipinski definition) is 2. The Morgan fingerprint density at radius 3 is 2.52 bits per heavy atom. The average Bonchev–Trinajstić information content (AvgIpc) is 3.52. The summed E-state index contributed by atoms with van der Waals surface area (Å²) >= 11 is 1.02. The number of ketones is 1. The summed E-state index contributed by atoms with van der Waals surface area (Å²) in [5.41, 5.74) is -1.25. The number of nitrogens with one attached hydrogen (secondary N) is 2. The fourth-order valence-electron chi connectivity index (χ4n) is 3.43. The molecule has 4 rings (SSSR count). The van der Waals surface area contributed by atoms with Gasteiger partial charge in [0.1, 0.15) is 28.7 Å². The third kappa shape index (κ3) is 4.11. The zero-order valence-corrected chi connectivity index (χ0v) is 19.2. The molecule has 1 aliphatic heterocycles. The lowest BCUT2D eigenvalue weighted by Gasteiger charge is -2.20. The van der Waals surface area contributed by atoms with E-state index in [1.54, 1.807) is 19.1 Å². The van der Waals surface area contributed by atoms with Gasteiger partial charge in [-0.1, -0.05) is 12.1 Å². The first kappa shape index (κ1) is 22.6. The number of nitrogens with zero attached hydrogens (tertiary/aromatic N) is 2. The third-order valence-corrected chi connectivity index (χ3v) is 6.40. The molecule has 0 saturated heterocycles. The molecule has 2 atom stereocenters. The first-order valence-corrected chi connectivity index (χ1v) is 11.2. The van der Waals surface area contributed by atoms with Crippen molar-refractivity contribution < 1.29 is 18.5 Å². The van der Waals surface area contributed by atoms with Gasteiger partial charge in [0.15, 0.2) is 11.1 Å². The van der Waals surface area contributed by atoms with E-state index in [-0.39, 0.29) is 23.1 Å². The Labute approximate surface area is 192 Å². The van der Waals surface area contributed by atoms with Crippen LogP contribution in [0.15, 0.2) is 47.8 Å². The minimum absolute atomic E-state index is 0.00416. The maximum absolute atomic E-state index is 12.9. The highest BCUT2D eigenvalue weighted by atomic mass is 32.2. The minimum Gasteiger partial charge on any atom is -0.464 e. The molecule has 1 unspecified atom stereocenters. The van der Waals surface area contributed by atoms with Crippen LogP contribution in [-0.4, -0.2) is 29.1 Å². The van der Waals surface area contributed by atoms with Crippen LogP contribution in [0.4, 0.5) is 17.2 Å². The molecule has 0 fully saturated rings. The molecule has 10 nitrogen and oxygen atoms in total. The Balaban J connectivity index is 1.47. The normalized spacial score (nSPS) is 16.7. The monoisotopic (exact) mass is 470 g/mol. The van der Waals surface area contributed by atoms with Crippen molar-refractivity contribution in [2.24, 2.45) is 0 Å². The van der Waals surface area contributed by atoms with E-state index in [4.69, 9.17) is 8.94 Å². The second-order valence-corrected chi connectivity index (χ2v) is 8.67. The summed E-state index contributed by atoms with van der Waals surface area (Å²) < 4.78 is 10.6. The third-order valence-electron chi connectivity index (χ3n) is 5.34. The number of allylic oxidation sites excluding steroid dienone is 1. The molecular formula is C22H22N4O6S. The second kappa shape index (κ2) is 8.74. The fourth-order valence-corrected chi connectivity index (χ4v) is 4.40. The molecule has 0 bridgehead atoms. The van der Waals surface area contributed by atoms with Crippen LogP contribution in [0.25, 0.3) is 0 Å². The summed E-state index contributed by atoms with van der Waals surface area (Å²) in [5.74, 6) is 1.22. The highest BCUT2D eigenvalue weighted by molar-refractivity contribution is 8.04. The van der Waals surface area contributed by atoms with Crippen molar-refractivity contribution in [1.82, 2.24) is 5.16 Å². The van der Waals surface area contributed by atoms with E-state index in [1.165, 1.54) is 17.4 Å². The van der Waals surface area contributed by atoms with E-state index in [2.05, 4.69) is 15.8 Å². The molecule has 3 heterocycles. The number of Topliss-reactive ketones (excluding diaryl/α,β-unsaturated/α-hetero) is 1. The topological polar surface area (TPSA) is 135 Å². The van der Waals surface area contributed by atoms with Gasteiger partial charge in [0.05, 0.1) is 11.7 Å². The molecule has 0 radical (unpaired) electrons. The van der Waals surface area contributed by atoms with Gasteiger partial charge < -0.3 is 19.6 Å². The lowest BCUT2D eigenvalue weighted by atomic mass is 10.1. The number of anilines is 3. The van der Waals surface area contributed by atoms with Crippen LogP contribution in [0.5, 0.6) is 0 Å². The molecule has 2 N–H and O–H groups in total. The van der Waals surface area contributed by atoms with Crippen molar-refractivity contribution in [3.8, 4) is 0 Å². The molecule has 33 heavy (non-hydrogen) atoms. The van der Waals surface area contributed by atoms with Crippen molar-refractivity contribution in [2.75, 3.05) is 22.6 Å². The molecule has 1 aliphatic rings. The number of furan rings is 1.